The molecule has 2 aromatic heterocycles. The summed E-state index contributed by atoms with van der Waals surface area (Å²) in [5.74, 6) is 0. The van der Waals surface area contributed by atoms with Gasteiger partial charge in [0.25, 0.3) is 5.56 Å². The maximum atomic E-state index is 12.8. The molecule has 0 saturated carbocycles. The second kappa shape index (κ2) is 7.73. The summed E-state index contributed by atoms with van der Waals surface area (Å²) >= 11 is 0. The maximum Gasteiger partial charge on any atom is 0.332 e. The van der Waals surface area contributed by atoms with Crippen molar-refractivity contribution in [2.24, 2.45) is 7.05 Å². The van der Waals surface area contributed by atoms with Crippen molar-refractivity contribution in [1.29, 1.82) is 0 Å². The topological polar surface area (TPSA) is 107 Å². The average molecular weight is 340 g/mol. The second-order valence-corrected chi connectivity index (χ2v) is 5.91. The van der Waals surface area contributed by atoms with E-state index in [4.69, 9.17) is 5.11 Å². The van der Waals surface area contributed by atoms with Crippen LogP contribution in [-0.4, -0.2) is 61.2 Å². The van der Waals surface area contributed by atoms with Crippen LogP contribution >= 0.6 is 0 Å². The van der Waals surface area contributed by atoms with Gasteiger partial charge in [-0.15, -0.1) is 0 Å². The van der Waals surface area contributed by atoms with Crippen LogP contribution in [0.2, 0.25) is 0 Å². The molecule has 0 bridgehead atoms. The van der Waals surface area contributed by atoms with Crippen molar-refractivity contribution in [2.45, 2.75) is 33.0 Å². The maximum absolute atomic E-state index is 12.8. The summed E-state index contributed by atoms with van der Waals surface area (Å²) in [4.78, 5) is 30.6. The summed E-state index contributed by atoms with van der Waals surface area (Å²) in [6.45, 7) is 6.62. The second-order valence-electron chi connectivity index (χ2n) is 5.91. The fourth-order valence-corrected chi connectivity index (χ4v) is 2.82. The highest BCUT2D eigenvalue weighted by molar-refractivity contribution is 5.69. The largest absolute Gasteiger partial charge is 0.394 e. The molecular weight excluding hydrogens is 314 g/mol. The Morgan fingerprint density at radius 3 is 2.54 bits per heavy atom. The Bertz CT molecular complexity index is 803. The van der Waals surface area contributed by atoms with Crippen molar-refractivity contribution >= 4 is 11.2 Å². The van der Waals surface area contributed by atoms with E-state index in [9.17, 15) is 14.7 Å². The summed E-state index contributed by atoms with van der Waals surface area (Å²) in [5.41, 5.74) is -0.268. The van der Waals surface area contributed by atoms with Crippen molar-refractivity contribution in [3.63, 3.8) is 0 Å². The standard InChI is InChI=1S/C15H25N5O4/c1-4-18(5-2)6-7-20-14(23)12-13(17(3)15(20)24)16-10-19(12)8-11(22)9-21/h10-11,21-22H,4-9H2,1-3H3/p+1/t11-/m0/s1. The summed E-state index contributed by atoms with van der Waals surface area (Å²) in [6, 6.07) is 0. The molecule has 2 aromatic rings. The van der Waals surface area contributed by atoms with E-state index in [-0.39, 0.29) is 17.7 Å². The molecule has 2 rings (SSSR count). The minimum atomic E-state index is -0.993. The van der Waals surface area contributed by atoms with Gasteiger partial charge < -0.3 is 19.7 Å². The van der Waals surface area contributed by atoms with Crippen LogP contribution in [0.4, 0.5) is 0 Å². The van der Waals surface area contributed by atoms with Gasteiger partial charge in [0.2, 0.25) is 0 Å². The van der Waals surface area contributed by atoms with E-state index in [0.29, 0.717) is 13.1 Å². The third-order valence-electron chi connectivity index (χ3n) is 4.41. The van der Waals surface area contributed by atoms with Crippen molar-refractivity contribution < 1.29 is 15.1 Å². The third kappa shape index (κ3) is 3.42. The predicted octanol–water partition coefficient (Wildman–Crippen LogP) is -2.83. The zero-order valence-electron chi connectivity index (χ0n) is 14.4. The first-order valence-corrected chi connectivity index (χ1v) is 8.21. The molecule has 24 heavy (non-hydrogen) atoms. The lowest BCUT2D eigenvalue weighted by Crippen LogP contribution is -3.11. The normalized spacial score (nSPS) is 13.1. The van der Waals surface area contributed by atoms with Gasteiger partial charge in [-0.1, -0.05) is 0 Å². The lowest BCUT2D eigenvalue weighted by atomic mass is 10.3. The molecule has 0 aliphatic carbocycles. The molecule has 0 unspecified atom stereocenters. The molecule has 3 N–H and O–H groups in total. The highest BCUT2D eigenvalue weighted by atomic mass is 16.3. The van der Waals surface area contributed by atoms with Gasteiger partial charge in [0, 0.05) is 7.05 Å². The van der Waals surface area contributed by atoms with E-state index in [1.54, 1.807) is 7.05 Å². The molecule has 0 spiro atoms. The van der Waals surface area contributed by atoms with Crippen molar-refractivity contribution in [1.82, 2.24) is 18.7 Å². The molecule has 0 fully saturated rings. The Kier molecular flexibility index (Phi) is 5.92. The van der Waals surface area contributed by atoms with Crippen LogP contribution in [0.15, 0.2) is 15.9 Å². The van der Waals surface area contributed by atoms with E-state index >= 15 is 0 Å². The Labute approximate surface area is 139 Å². The number of imidazole rings is 1. The van der Waals surface area contributed by atoms with E-state index < -0.39 is 24.0 Å². The van der Waals surface area contributed by atoms with Gasteiger partial charge in [-0.05, 0) is 13.8 Å². The number of aliphatic hydroxyl groups excluding tert-OH is 2. The van der Waals surface area contributed by atoms with Crippen molar-refractivity contribution in [2.75, 3.05) is 26.2 Å². The molecular formula is C15H26N5O4+. The molecule has 2 heterocycles. The van der Waals surface area contributed by atoms with Crippen LogP contribution in [-0.2, 0) is 20.1 Å². The molecule has 0 aliphatic heterocycles. The average Bonchev–Trinajstić information content (AvgIpc) is 3.00. The van der Waals surface area contributed by atoms with E-state index in [2.05, 4.69) is 18.8 Å². The summed E-state index contributed by atoms with van der Waals surface area (Å²) in [5, 5.41) is 18.6. The number of nitrogens with zero attached hydrogens (tertiary/aromatic N) is 4. The van der Waals surface area contributed by atoms with Gasteiger partial charge in [-0.3, -0.25) is 13.9 Å². The number of aliphatic hydroxyl groups is 2. The third-order valence-corrected chi connectivity index (χ3v) is 4.41. The van der Waals surface area contributed by atoms with Gasteiger partial charge in [-0.25, -0.2) is 9.78 Å². The monoisotopic (exact) mass is 340 g/mol. The van der Waals surface area contributed by atoms with Crippen molar-refractivity contribution in [3.8, 4) is 0 Å². The zero-order valence-corrected chi connectivity index (χ0v) is 14.4. The van der Waals surface area contributed by atoms with E-state index in [0.717, 1.165) is 13.1 Å². The number of nitrogens with one attached hydrogen (secondary N) is 1. The predicted molar refractivity (Wildman–Crippen MR) is 89.2 cm³/mol. The number of quaternary nitrogens is 1. The first kappa shape index (κ1) is 18.4. The Morgan fingerprint density at radius 1 is 1.29 bits per heavy atom. The minimum Gasteiger partial charge on any atom is -0.394 e. The Hall–Kier alpha value is -1.97. The lowest BCUT2D eigenvalue weighted by molar-refractivity contribution is -0.897. The summed E-state index contributed by atoms with van der Waals surface area (Å²) < 4.78 is 4.05. The fraction of sp³-hybridized carbons (Fsp3) is 0.667. The number of rotatable bonds is 8. The Morgan fingerprint density at radius 2 is 1.96 bits per heavy atom. The first-order valence-electron chi connectivity index (χ1n) is 8.21. The quantitative estimate of drug-likeness (QED) is 0.480. The molecule has 0 saturated heterocycles. The Balaban J connectivity index is 2.50. The van der Waals surface area contributed by atoms with Crippen LogP contribution in [0, 0.1) is 0 Å². The SMILES string of the molecule is CC[NH+](CC)CCn1c(=O)c2c(ncn2C[C@H](O)CO)n(C)c1=O. The first-order chi connectivity index (χ1) is 11.4. The van der Waals surface area contributed by atoms with Crippen LogP contribution in [0.1, 0.15) is 13.8 Å². The van der Waals surface area contributed by atoms with Gasteiger partial charge in [-0.2, -0.15) is 0 Å². The number of fused-ring (bicyclic) bond motifs is 1. The fourth-order valence-electron chi connectivity index (χ4n) is 2.82. The molecule has 0 radical (unpaired) electrons. The number of hydrogen-bond acceptors (Lipinski definition) is 5. The van der Waals surface area contributed by atoms with E-state index in [1.807, 2.05) is 0 Å². The molecule has 0 aliphatic rings. The van der Waals surface area contributed by atoms with Crippen LogP contribution < -0.4 is 16.1 Å². The van der Waals surface area contributed by atoms with Crippen LogP contribution in [0.25, 0.3) is 11.2 Å². The van der Waals surface area contributed by atoms with Gasteiger partial charge in [0.05, 0.1) is 51.8 Å². The lowest BCUT2D eigenvalue weighted by Gasteiger charge is -2.16. The molecule has 0 amide bonds. The van der Waals surface area contributed by atoms with Gasteiger partial charge in [0.1, 0.15) is 0 Å². The number of aromatic nitrogens is 4. The van der Waals surface area contributed by atoms with E-state index in [1.165, 1.54) is 24.9 Å². The van der Waals surface area contributed by atoms with Crippen molar-refractivity contribution in [3.05, 3.63) is 27.2 Å². The summed E-state index contributed by atoms with van der Waals surface area (Å²) in [7, 11) is 1.57. The zero-order chi connectivity index (χ0) is 17.9. The molecule has 9 nitrogen and oxygen atoms in total. The number of hydrogen-bond donors (Lipinski definition) is 3. The van der Waals surface area contributed by atoms with Gasteiger partial charge in [0.15, 0.2) is 11.2 Å². The van der Waals surface area contributed by atoms with Crippen LogP contribution in [0.3, 0.4) is 0 Å². The highest BCUT2D eigenvalue weighted by Gasteiger charge is 2.18. The van der Waals surface area contributed by atoms with Crippen LogP contribution in [0.5, 0.6) is 0 Å². The highest BCUT2D eigenvalue weighted by Crippen LogP contribution is 2.06. The minimum absolute atomic E-state index is 0.0434. The molecule has 134 valence electrons. The number of likely N-dealkylation sites (N-methyl/N-ethyl adjacent to an activating group) is 1. The summed E-state index contributed by atoms with van der Waals surface area (Å²) in [6.07, 6.45) is 0.414. The smallest absolute Gasteiger partial charge is 0.332 e. The number of aryl methyl sites for hydroxylation is 1. The molecule has 9 heteroatoms. The van der Waals surface area contributed by atoms with Gasteiger partial charge >= 0.3 is 5.69 Å². The molecule has 1 atom stereocenters. The molecule has 0 aromatic carbocycles.